The lowest BCUT2D eigenvalue weighted by Gasteiger charge is -2.03. The van der Waals surface area contributed by atoms with Gasteiger partial charge in [0.05, 0.1) is 11.8 Å². The van der Waals surface area contributed by atoms with Crippen LogP contribution >= 0.6 is 0 Å². The standard InChI is InChI=1S/C15H15N3O4/c1-9-11(12-14(22-9)17-8-18(2)15(12)20)13(19)16-6-5-10-4-3-7-21-10/h3-4,7-8H,5-6H2,1-2H3,(H,16,19). The van der Waals surface area contributed by atoms with Crippen LogP contribution in [-0.2, 0) is 13.5 Å². The Bertz CT molecular complexity index is 874. The van der Waals surface area contributed by atoms with Crippen molar-refractivity contribution in [3.8, 4) is 0 Å². The summed E-state index contributed by atoms with van der Waals surface area (Å²) in [6.07, 6.45) is 3.52. The molecule has 0 saturated carbocycles. The lowest BCUT2D eigenvalue weighted by atomic mass is 10.1. The second-order valence-corrected chi connectivity index (χ2v) is 4.96. The number of nitrogens with one attached hydrogen (secondary N) is 1. The number of amides is 1. The molecule has 0 aliphatic rings. The van der Waals surface area contributed by atoms with Crippen LogP contribution in [0.2, 0.25) is 0 Å². The third-order valence-corrected chi connectivity index (χ3v) is 3.41. The second-order valence-electron chi connectivity index (χ2n) is 4.96. The molecular weight excluding hydrogens is 286 g/mol. The Labute approximate surface area is 125 Å². The molecule has 3 aromatic rings. The average molecular weight is 301 g/mol. The minimum atomic E-state index is -0.354. The number of nitrogens with zero attached hydrogens (tertiary/aromatic N) is 2. The van der Waals surface area contributed by atoms with Gasteiger partial charge in [-0.25, -0.2) is 4.98 Å². The number of fused-ring (bicyclic) bond motifs is 1. The molecule has 1 N–H and O–H groups in total. The molecule has 0 aromatic carbocycles. The summed E-state index contributed by atoms with van der Waals surface area (Å²) in [7, 11) is 1.58. The van der Waals surface area contributed by atoms with Gasteiger partial charge >= 0.3 is 0 Å². The predicted octanol–water partition coefficient (Wildman–Crippen LogP) is 1.40. The summed E-state index contributed by atoms with van der Waals surface area (Å²) in [4.78, 5) is 28.6. The minimum Gasteiger partial charge on any atom is -0.469 e. The van der Waals surface area contributed by atoms with E-state index >= 15 is 0 Å². The first-order valence-corrected chi connectivity index (χ1v) is 6.83. The van der Waals surface area contributed by atoms with E-state index in [1.54, 1.807) is 26.3 Å². The molecule has 114 valence electrons. The number of rotatable bonds is 4. The van der Waals surface area contributed by atoms with Crippen LogP contribution in [0.4, 0.5) is 0 Å². The van der Waals surface area contributed by atoms with Gasteiger partial charge in [-0.1, -0.05) is 0 Å². The third kappa shape index (κ3) is 2.41. The molecule has 3 heterocycles. The Hall–Kier alpha value is -2.83. The Kier molecular flexibility index (Phi) is 3.54. The summed E-state index contributed by atoms with van der Waals surface area (Å²) >= 11 is 0. The summed E-state index contributed by atoms with van der Waals surface area (Å²) in [5, 5.41) is 2.97. The molecule has 0 radical (unpaired) electrons. The van der Waals surface area contributed by atoms with E-state index in [1.165, 1.54) is 10.9 Å². The zero-order valence-corrected chi connectivity index (χ0v) is 12.3. The Morgan fingerprint density at radius 3 is 3.00 bits per heavy atom. The van der Waals surface area contributed by atoms with Crippen molar-refractivity contribution in [2.45, 2.75) is 13.3 Å². The van der Waals surface area contributed by atoms with Gasteiger partial charge in [-0.2, -0.15) is 0 Å². The Morgan fingerprint density at radius 1 is 1.45 bits per heavy atom. The van der Waals surface area contributed by atoms with Crippen LogP contribution in [0.1, 0.15) is 21.9 Å². The molecule has 3 aromatic heterocycles. The number of carbonyl (C=O) groups is 1. The van der Waals surface area contributed by atoms with Crippen molar-refractivity contribution in [3.63, 3.8) is 0 Å². The average Bonchev–Trinajstić information content (AvgIpc) is 3.10. The highest BCUT2D eigenvalue weighted by Crippen LogP contribution is 2.20. The maximum absolute atomic E-state index is 12.4. The topological polar surface area (TPSA) is 90.3 Å². The molecule has 0 aliphatic carbocycles. The SMILES string of the molecule is Cc1oc2ncn(C)c(=O)c2c1C(=O)NCCc1ccco1. The van der Waals surface area contributed by atoms with Gasteiger partial charge in [0.1, 0.15) is 23.2 Å². The lowest BCUT2D eigenvalue weighted by molar-refractivity contribution is 0.0953. The van der Waals surface area contributed by atoms with Crippen molar-refractivity contribution in [3.05, 3.63) is 52.2 Å². The van der Waals surface area contributed by atoms with Gasteiger partial charge in [0.2, 0.25) is 5.71 Å². The highest BCUT2D eigenvalue weighted by molar-refractivity contribution is 6.06. The van der Waals surface area contributed by atoms with E-state index in [-0.39, 0.29) is 28.1 Å². The van der Waals surface area contributed by atoms with Crippen molar-refractivity contribution in [2.75, 3.05) is 6.54 Å². The molecule has 22 heavy (non-hydrogen) atoms. The molecule has 0 unspecified atom stereocenters. The predicted molar refractivity (Wildman–Crippen MR) is 78.7 cm³/mol. The van der Waals surface area contributed by atoms with Crippen LogP contribution < -0.4 is 10.9 Å². The fourth-order valence-electron chi connectivity index (χ4n) is 2.30. The van der Waals surface area contributed by atoms with Gasteiger partial charge in [-0.3, -0.25) is 9.59 Å². The Balaban J connectivity index is 1.86. The van der Waals surface area contributed by atoms with Crippen molar-refractivity contribution in [1.29, 1.82) is 0 Å². The first kappa shape index (κ1) is 14.1. The number of furan rings is 2. The zero-order valence-electron chi connectivity index (χ0n) is 12.3. The molecule has 7 heteroatoms. The van der Waals surface area contributed by atoms with Crippen LogP contribution in [0.15, 0.2) is 38.4 Å². The molecule has 0 saturated heterocycles. The molecule has 0 bridgehead atoms. The third-order valence-electron chi connectivity index (χ3n) is 3.41. The lowest BCUT2D eigenvalue weighted by Crippen LogP contribution is -2.27. The van der Waals surface area contributed by atoms with Gasteiger partial charge in [-0.05, 0) is 19.1 Å². The van der Waals surface area contributed by atoms with Crippen molar-refractivity contribution >= 4 is 17.0 Å². The molecule has 7 nitrogen and oxygen atoms in total. The molecule has 0 aliphatic heterocycles. The van der Waals surface area contributed by atoms with Crippen molar-refractivity contribution in [2.24, 2.45) is 7.05 Å². The molecular formula is C15H15N3O4. The van der Waals surface area contributed by atoms with Crippen molar-refractivity contribution < 1.29 is 13.6 Å². The smallest absolute Gasteiger partial charge is 0.265 e. The monoisotopic (exact) mass is 301 g/mol. The summed E-state index contributed by atoms with van der Waals surface area (Å²) < 4.78 is 11.9. The fraction of sp³-hybridized carbons (Fsp3) is 0.267. The van der Waals surface area contributed by atoms with E-state index in [2.05, 4.69) is 10.3 Å². The Morgan fingerprint density at radius 2 is 2.27 bits per heavy atom. The quantitative estimate of drug-likeness (QED) is 0.786. The van der Waals surface area contributed by atoms with E-state index in [1.807, 2.05) is 6.07 Å². The highest BCUT2D eigenvalue weighted by Gasteiger charge is 2.22. The van der Waals surface area contributed by atoms with E-state index in [9.17, 15) is 9.59 Å². The molecule has 0 spiro atoms. The van der Waals surface area contributed by atoms with Crippen LogP contribution in [0.3, 0.4) is 0 Å². The van der Waals surface area contributed by atoms with Crippen LogP contribution in [0.5, 0.6) is 0 Å². The largest absolute Gasteiger partial charge is 0.469 e. The zero-order chi connectivity index (χ0) is 15.7. The normalized spacial score (nSPS) is 11.0. The maximum atomic E-state index is 12.4. The van der Waals surface area contributed by atoms with Gasteiger partial charge in [0.25, 0.3) is 11.5 Å². The van der Waals surface area contributed by atoms with Crippen LogP contribution in [0.25, 0.3) is 11.1 Å². The van der Waals surface area contributed by atoms with Gasteiger partial charge in [0, 0.05) is 20.0 Å². The summed E-state index contributed by atoms with van der Waals surface area (Å²) in [5.74, 6) is 0.806. The van der Waals surface area contributed by atoms with E-state index in [4.69, 9.17) is 8.83 Å². The number of hydrogen-bond donors (Lipinski definition) is 1. The fourth-order valence-corrected chi connectivity index (χ4v) is 2.30. The van der Waals surface area contributed by atoms with Gasteiger partial charge < -0.3 is 18.7 Å². The van der Waals surface area contributed by atoms with E-state index in [0.717, 1.165) is 5.76 Å². The highest BCUT2D eigenvalue weighted by atomic mass is 16.3. The summed E-state index contributed by atoms with van der Waals surface area (Å²) in [6.45, 7) is 2.04. The minimum absolute atomic E-state index is 0.178. The summed E-state index contributed by atoms with van der Waals surface area (Å²) in [6, 6.07) is 3.63. The number of aryl methyl sites for hydroxylation is 2. The van der Waals surface area contributed by atoms with Gasteiger partial charge in [0.15, 0.2) is 0 Å². The molecule has 0 atom stereocenters. The second kappa shape index (κ2) is 5.51. The first-order valence-electron chi connectivity index (χ1n) is 6.83. The number of hydrogen-bond acceptors (Lipinski definition) is 5. The maximum Gasteiger partial charge on any atom is 0.265 e. The number of aromatic nitrogens is 2. The summed E-state index contributed by atoms with van der Waals surface area (Å²) in [5.41, 5.74) is 0.109. The first-order chi connectivity index (χ1) is 10.6. The molecule has 3 rings (SSSR count). The van der Waals surface area contributed by atoms with Gasteiger partial charge in [-0.15, -0.1) is 0 Å². The van der Waals surface area contributed by atoms with E-state index < -0.39 is 0 Å². The van der Waals surface area contributed by atoms with Crippen molar-refractivity contribution in [1.82, 2.24) is 14.9 Å². The molecule has 0 fully saturated rings. The van der Waals surface area contributed by atoms with E-state index in [0.29, 0.717) is 18.7 Å². The van der Waals surface area contributed by atoms with Crippen LogP contribution in [0, 0.1) is 6.92 Å². The number of carbonyl (C=O) groups excluding carboxylic acids is 1. The molecule has 1 amide bonds. The van der Waals surface area contributed by atoms with Crippen LogP contribution in [-0.4, -0.2) is 22.0 Å².